The second kappa shape index (κ2) is 5.69. The van der Waals surface area contributed by atoms with Crippen LogP contribution in [0.4, 0.5) is 0 Å². The monoisotopic (exact) mass is 276 g/mol. The first-order valence-electron chi connectivity index (χ1n) is 6.05. The minimum absolute atomic E-state index is 0.00738. The molecule has 1 heterocycles. The van der Waals surface area contributed by atoms with E-state index in [9.17, 15) is 18.0 Å². The molecule has 7 heteroatoms. The van der Waals surface area contributed by atoms with Gasteiger partial charge in [0.15, 0.2) is 9.84 Å². The third-order valence-corrected chi connectivity index (χ3v) is 4.69. The van der Waals surface area contributed by atoms with Gasteiger partial charge in [0.25, 0.3) is 0 Å². The Balaban J connectivity index is 2.70. The van der Waals surface area contributed by atoms with Crippen molar-refractivity contribution in [2.24, 2.45) is 5.92 Å². The second-order valence-electron chi connectivity index (χ2n) is 4.79. The van der Waals surface area contributed by atoms with Gasteiger partial charge in [-0.2, -0.15) is 0 Å². The van der Waals surface area contributed by atoms with Crippen molar-refractivity contribution in [3.8, 4) is 0 Å². The molecule has 0 bridgehead atoms. The van der Waals surface area contributed by atoms with Gasteiger partial charge in [-0.15, -0.1) is 0 Å². The van der Waals surface area contributed by atoms with Gasteiger partial charge in [0.2, 0.25) is 11.8 Å². The number of carbonyl (C=O) groups excluding carboxylic acids is 2. The Hall–Kier alpha value is -1.11. The fraction of sp³-hybridized carbons (Fsp3) is 0.818. The van der Waals surface area contributed by atoms with E-state index in [-0.39, 0.29) is 42.3 Å². The van der Waals surface area contributed by atoms with Gasteiger partial charge in [0, 0.05) is 12.3 Å². The van der Waals surface area contributed by atoms with E-state index in [4.69, 9.17) is 0 Å². The largest absolute Gasteiger partial charge is 0.343 e. The zero-order valence-corrected chi connectivity index (χ0v) is 11.8. The number of rotatable bonds is 5. The summed E-state index contributed by atoms with van der Waals surface area (Å²) >= 11 is 0. The van der Waals surface area contributed by atoms with Crippen LogP contribution < -0.4 is 5.32 Å². The van der Waals surface area contributed by atoms with Crippen LogP contribution in [0.15, 0.2) is 0 Å². The van der Waals surface area contributed by atoms with Crippen molar-refractivity contribution in [2.75, 3.05) is 24.6 Å². The maximum absolute atomic E-state index is 12.0. The molecule has 18 heavy (non-hydrogen) atoms. The zero-order valence-electron chi connectivity index (χ0n) is 11.0. The Morgan fingerprint density at radius 3 is 2.50 bits per heavy atom. The summed E-state index contributed by atoms with van der Waals surface area (Å²) < 4.78 is 22.8. The molecule has 1 fully saturated rings. The van der Waals surface area contributed by atoms with Gasteiger partial charge in [-0.1, -0.05) is 20.8 Å². The third-order valence-electron chi connectivity index (χ3n) is 3.01. The lowest BCUT2D eigenvalue weighted by molar-refractivity contribution is -0.145. The average molecular weight is 276 g/mol. The molecule has 0 spiro atoms. The predicted octanol–water partition coefficient (Wildman–Crippen LogP) is -0.596. The molecule has 0 saturated carbocycles. The Labute approximate surface area is 108 Å². The predicted molar refractivity (Wildman–Crippen MR) is 67.7 cm³/mol. The number of nitrogens with one attached hydrogen (secondary N) is 1. The highest BCUT2D eigenvalue weighted by Gasteiger charge is 2.34. The highest BCUT2D eigenvalue weighted by Crippen LogP contribution is 2.10. The number of nitrogens with zero attached hydrogens (tertiary/aromatic N) is 1. The molecule has 0 aromatic carbocycles. The molecule has 0 aromatic heterocycles. The maximum atomic E-state index is 12.0. The van der Waals surface area contributed by atoms with E-state index in [1.165, 1.54) is 4.90 Å². The Kier molecular flexibility index (Phi) is 4.72. The number of carbonyl (C=O) groups is 2. The van der Waals surface area contributed by atoms with Crippen molar-refractivity contribution in [1.29, 1.82) is 0 Å². The molecule has 0 radical (unpaired) electrons. The van der Waals surface area contributed by atoms with Crippen LogP contribution in [0.25, 0.3) is 0 Å². The van der Waals surface area contributed by atoms with Gasteiger partial charge in [0.05, 0.1) is 12.3 Å². The third kappa shape index (κ3) is 3.69. The highest BCUT2D eigenvalue weighted by atomic mass is 32.2. The van der Waals surface area contributed by atoms with Crippen molar-refractivity contribution in [3.05, 3.63) is 0 Å². The molecule has 1 aliphatic rings. The van der Waals surface area contributed by atoms with E-state index in [1.54, 1.807) is 6.92 Å². The van der Waals surface area contributed by atoms with Gasteiger partial charge >= 0.3 is 0 Å². The SMILES string of the molecule is CCS(=O)(=O)CCN1CC(=O)NC(C(C)C)C1=O. The Bertz CT molecular complexity index is 430. The van der Waals surface area contributed by atoms with Gasteiger partial charge in [-0.05, 0) is 5.92 Å². The second-order valence-corrected chi connectivity index (χ2v) is 7.26. The van der Waals surface area contributed by atoms with Crippen LogP contribution in [0.5, 0.6) is 0 Å². The van der Waals surface area contributed by atoms with Gasteiger partial charge in [-0.25, -0.2) is 8.42 Å². The molecule has 104 valence electrons. The number of amides is 2. The molecule has 1 unspecified atom stereocenters. The van der Waals surface area contributed by atoms with E-state index >= 15 is 0 Å². The van der Waals surface area contributed by atoms with Crippen LogP contribution in [0.3, 0.4) is 0 Å². The van der Waals surface area contributed by atoms with Crippen LogP contribution in [-0.2, 0) is 19.4 Å². The molecule has 0 aromatic rings. The van der Waals surface area contributed by atoms with Crippen LogP contribution in [-0.4, -0.2) is 55.8 Å². The first-order chi connectivity index (χ1) is 8.26. The summed E-state index contributed by atoms with van der Waals surface area (Å²) in [6.07, 6.45) is 0. The van der Waals surface area contributed by atoms with Gasteiger partial charge in [0.1, 0.15) is 6.04 Å². The fourth-order valence-corrected chi connectivity index (χ4v) is 2.55. The number of sulfone groups is 1. The number of piperazine rings is 1. The average Bonchev–Trinajstić information content (AvgIpc) is 2.29. The van der Waals surface area contributed by atoms with Crippen molar-refractivity contribution >= 4 is 21.7 Å². The molecule has 1 atom stereocenters. The van der Waals surface area contributed by atoms with Crippen LogP contribution in [0.2, 0.25) is 0 Å². The molecule has 1 rings (SSSR count). The van der Waals surface area contributed by atoms with Crippen molar-refractivity contribution < 1.29 is 18.0 Å². The summed E-state index contributed by atoms with van der Waals surface area (Å²) in [7, 11) is -3.12. The van der Waals surface area contributed by atoms with Crippen molar-refractivity contribution in [1.82, 2.24) is 10.2 Å². The quantitative estimate of drug-likeness (QED) is 0.727. The Morgan fingerprint density at radius 1 is 1.39 bits per heavy atom. The van der Waals surface area contributed by atoms with Crippen molar-refractivity contribution in [3.63, 3.8) is 0 Å². The lowest BCUT2D eigenvalue weighted by Crippen LogP contribution is -2.60. The molecule has 2 amide bonds. The summed E-state index contributed by atoms with van der Waals surface area (Å²) in [5.74, 6) is -0.479. The zero-order chi connectivity index (χ0) is 13.9. The first-order valence-corrected chi connectivity index (χ1v) is 7.87. The van der Waals surface area contributed by atoms with Gasteiger partial charge < -0.3 is 10.2 Å². The molecule has 6 nitrogen and oxygen atoms in total. The minimum Gasteiger partial charge on any atom is -0.343 e. The van der Waals surface area contributed by atoms with E-state index in [1.807, 2.05) is 13.8 Å². The molecule has 0 aliphatic carbocycles. The molecular weight excluding hydrogens is 256 g/mol. The minimum atomic E-state index is -3.12. The van der Waals surface area contributed by atoms with Crippen LogP contribution >= 0.6 is 0 Å². The molecule has 1 aliphatic heterocycles. The lowest BCUT2D eigenvalue weighted by Gasteiger charge is -2.34. The topological polar surface area (TPSA) is 83.6 Å². The van der Waals surface area contributed by atoms with E-state index in [2.05, 4.69) is 5.32 Å². The van der Waals surface area contributed by atoms with Crippen molar-refractivity contribution in [2.45, 2.75) is 26.8 Å². The van der Waals surface area contributed by atoms with E-state index in [0.29, 0.717) is 0 Å². The molecule has 1 N–H and O–H groups in total. The molecular formula is C11H20N2O4S. The summed E-state index contributed by atoms with van der Waals surface area (Å²) in [6, 6.07) is -0.546. The molecule has 1 saturated heterocycles. The van der Waals surface area contributed by atoms with Crippen LogP contribution in [0, 0.1) is 5.92 Å². The summed E-state index contributed by atoms with van der Waals surface area (Å²) in [5.41, 5.74) is 0. The lowest BCUT2D eigenvalue weighted by atomic mass is 10.0. The van der Waals surface area contributed by atoms with Crippen LogP contribution in [0.1, 0.15) is 20.8 Å². The number of hydrogen-bond acceptors (Lipinski definition) is 4. The van der Waals surface area contributed by atoms with Gasteiger partial charge in [-0.3, -0.25) is 9.59 Å². The maximum Gasteiger partial charge on any atom is 0.245 e. The number of hydrogen-bond donors (Lipinski definition) is 1. The summed E-state index contributed by atoms with van der Waals surface area (Å²) in [4.78, 5) is 24.8. The first kappa shape index (κ1) is 14.9. The summed E-state index contributed by atoms with van der Waals surface area (Å²) in [5, 5.41) is 2.63. The normalized spacial score (nSPS) is 21.3. The fourth-order valence-electron chi connectivity index (χ4n) is 1.76. The van der Waals surface area contributed by atoms with E-state index < -0.39 is 15.9 Å². The van der Waals surface area contributed by atoms with E-state index in [0.717, 1.165) is 0 Å². The summed E-state index contributed by atoms with van der Waals surface area (Å²) in [6.45, 7) is 5.29. The highest BCUT2D eigenvalue weighted by molar-refractivity contribution is 7.91. The Morgan fingerprint density at radius 2 is 2.00 bits per heavy atom. The standard InChI is InChI=1S/C11H20N2O4S/c1-4-18(16,17)6-5-13-7-9(14)12-10(8(2)3)11(13)15/h8,10H,4-7H2,1-3H3,(H,12,14). The smallest absolute Gasteiger partial charge is 0.245 e.